The predicted molar refractivity (Wildman–Crippen MR) is 137 cm³/mol. The summed E-state index contributed by atoms with van der Waals surface area (Å²) in [5.41, 5.74) is 9.66. The van der Waals surface area contributed by atoms with Crippen molar-refractivity contribution in [2.75, 3.05) is 50.2 Å². The molecule has 0 atom stereocenters. The number of aromatic amines is 1. The molecule has 0 aliphatic carbocycles. The summed E-state index contributed by atoms with van der Waals surface area (Å²) in [5.74, 6) is 0.0787. The average Bonchev–Trinajstić information content (AvgIpc) is 3.24. The summed E-state index contributed by atoms with van der Waals surface area (Å²) in [4.78, 5) is 15.8. The highest BCUT2D eigenvalue weighted by Crippen LogP contribution is 2.38. The van der Waals surface area contributed by atoms with Crippen LogP contribution in [-0.2, 0) is 0 Å². The van der Waals surface area contributed by atoms with Crippen LogP contribution in [0.3, 0.4) is 0 Å². The number of halogens is 3. The van der Waals surface area contributed by atoms with Crippen LogP contribution >= 0.6 is 11.6 Å². The fourth-order valence-electron chi connectivity index (χ4n) is 3.68. The third kappa shape index (κ3) is 5.55. The number of alkyl halides is 2. The fraction of sp³-hybridized carbons (Fsp3) is 0.250. The molecule has 2 aromatic carbocycles. The molecule has 0 aliphatic heterocycles. The van der Waals surface area contributed by atoms with Gasteiger partial charge in [-0.2, -0.15) is 8.78 Å². The Kier molecular flexibility index (Phi) is 7.23. The van der Waals surface area contributed by atoms with Crippen molar-refractivity contribution >= 4 is 45.5 Å². The number of H-pyrrole nitrogens is 1. The Labute approximate surface area is 206 Å². The monoisotopic (exact) mass is 501 g/mol. The van der Waals surface area contributed by atoms with Gasteiger partial charge in [-0.15, -0.1) is 0 Å². The second-order valence-electron chi connectivity index (χ2n) is 8.27. The van der Waals surface area contributed by atoms with Crippen molar-refractivity contribution in [2.24, 2.45) is 0 Å². The van der Waals surface area contributed by atoms with E-state index >= 15 is 0 Å². The van der Waals surface area contributed by atoms with Gasteiger partial charge >= 0.3 is 6.61 Å². The Morgan fingerprint density at radius 1 is 1.17 bits per heavy atom. The topological polar surface area (TPSA) is 95.3 Å². The standard InChI is InChI=1S/C24H26ClF2N7O/c1-33(2)8-9-34(3)20-11-21(35-23(26)27)19(10-17(20)28)31-24-30-13-16(25)22(32-24)15-12-29-18-7-5-4-6-14(15)18/h4-7,10-13,23,29H,8-9,28H2,1-3H3,(H,30,31,32). The number of nitrogen functional groups attached to an aromatic ring is 1. The first-order valence-electron chi connectivity index (χ1n) is 10.8. The van der Waals surface area contributed by atoms with Crippen molar-refractivity contribution in [1.29, 1.82) is 0 Å². The quantitative estimate of drug-likeness (QED) is 0.271. The van der Waals surface area contributed by atoms with Crippen LogP contribution in [-0.4, -0.2) is 60.7 Å². The van der Waals surface area contributed by atoms with Gasteiger partial charge in [0, 0.05) is 48.9 Å². The third-order valence-electron chi connectivity index (χ3n) is 5.47. The lowest BCUT2D eigenvalue weighted by Gasteiger charge is -2.24. The van der Waals surface area contributed by atoms with E-state index < -0.39 is 6.61 Å². The number of ether oxygens (including phenoxy) is 1. The van der Waals surface area contributed by atoms with Crippen molar-refractivity contribution in [1.82, 2.24) is 19.9 Å². The molecule has 4 aromatic rings. The maximum Gasteiger partial charge on any atom is 0.387 e. The minimum Gasteiger partial charge on any atom is -0.433 e. The van der Waals surface area contributed by atoms with Gasteiger partial charge in [-0.3, -0.25) is 0 Å². The fourth-order valence-corrected chi connectivity index (χ4v) is 3.88. The molecule has 2 aromatic heterocycles. The van der Waals surface area contributed by atoms with Gasteiger partial charge in [0.1, 0.15) is 0 Å². The highest BCUT2D eigenvalue weighted by Gasteiger charge is 2.18. The average molecular weight is 502 g/mol. The Bertz CT molecular complexity index is 1330. The molecular weight excluding hydrogens is 476 g/mol. The maximum atomic E-state index is 13.2. The van der Waals surface area contributed by atoms with Crippen LogP contribution in [0.15, 0.2) is 48.8 Å². The number of anilines is 4. The Balaban J connectivity index is 1.69. The van der Waals surface area contributed by atoms with E-state index in [2.05, 4.69) is 20.3 Å². The summed E-state index contributed by atoms with van der Waals surface area (Å²) in [6, 6.07) is 10.8. The van der Waals surface area contributed by atoms with Crippen LogP contribution in [0.2, 0.25) is 5.02 Å². The molecule has 184 valence electrons. The third-order valence-corrected chi connectivity index (χ3v) is 5.75. The van der Waals surface area contributed by atoms with Crippen LogP contribution in [0.25, 0.3) is 22.2 Å². The smallest absolute Gasteiger partial charge is 0.387 e. The highest BCUT2D eigenvalue weighted by atomic mass is 35.5. The molecule has 4 rings (SSSR count). The summed E-state index contributed by atoms with van der Waals surface area (Å²) in [6.07, 6.45) is 3.26. The Morgan fingerprint density at radius 2 is 1.94 bits per heavy atom. The number of fused-ring (bicyclic) bond motifs is 1. The van der Waals surface area contributed by atoms with Crippen molar-refractivity contribution in [3.05, 3.63) is 53.8 Å². The first-order chi connectivity index (χ1) is 16.7. The second kappa shape index (κ2) is 10.3. The summed E-state index contributed by atoms with van der Waals surface area (Å²) in [6.45, 7) is -1.62. The van der Waals surface area contributed by atoms with Gasteiger partial charge in [0.25, 0.3) is 0 Å². The van der Waals surface area contributed by atoms with E-state index in [1.807, 2.05) is 61.4 Å². The largest absolute Gasteiger partial charge is 0.433 e. The van der Waals surface area contributed by atoms with Crippen LogP contribution in [0.1, 0.15) is 0 Å². The number of aromatic nitrogens is 3. The predicted octanol–water partition coefficient (Wildman–Crippen LogP) is 5.20. The number of nitrogens with zero attached hydrogens (tertiary/aromatic N) is 4. The molecule has 0 fully saturated rings. The minimum atomic E-state index is -3.02. The first kappa shape index (κ1) is 24.5. The number of rotatable bonds is 9. The molecule has 8 nitrogen and oxygen atoms in total. The molecule has 0 saturated carbocycles. The molecular formula is C24H26ClF2N7O. The number of likely N-dealkylation sites (N-methyl/N-ethyl adjacent to an activating group) is 2. The zero-order valence-corrected chi connectivity index (χ0v) is 20.3. The minimum absolute atomic E-state index is 0.0758. The molecule has 0 aliphatic rings. The zero-order valence-electron chi connectivity index (χ0n) is 19.5. The van der Waals surface area contributed by atoms with E-state index in [-0.39, 0.29) is 17.4 Å². The van der Waals surface area contributed by atoms with E-state index in [9.17, 15) is 8.78 Å². The molecule has 0 saturated heterocycles. The number of nitrogens with two attached hydrogens (primary N) is 1. The van der Waals surface area contributed by atoms with Crippen molar-refractivity contribution in [3.63, 3.8) is 0 Å². The highest BCUT2D eigenvalue weighted by molar-refractivity contribution is 6.33. The molecule has 4 N–H and O–H groups in total. The normalized spacial score (nSPS) is 11.4. The molecule has 0 bridgehead atoms. The Hall–Kier alpha value is -3.63. The van der Waals surface area contributed by atoms with Crippen LogP contribution in [0.5, 0.6) is 5.75 Å². The van der Waals surface area contributed by atoms with Gasteiger partial charge < -0.3 is 30.6 Å². The number of para-hydroxylation sites is 1. The van der Waals surface area contributed by atoms with Gasteiger partial charge in [0.2, 0.25) is 5.95 Å². The van der Waals surface area contributed by atoms with Gasteiger partial charge in [-0.05, 0) is 26.2 Å². The van der Waals surface area contributed by atoms with E-state index in [0.717, 1.165) is 23.0 Å². The van der Waals surface area contributed by atoms with Gasteiger partial charge in [-0.1, -0.05) is 29.8 Å². The number of hydrogen-bond donors (Lipinski definition) is 3. The van der Waals surface area contributed by atoms with Crippen LogP contribution in [0, 0.1) is 0 Å². The number of nitrogens with one attached hydrogen (secondary N) is 2. The summed E-state index contributed by atoms with van der Waals surface area (Å²) in [5, 5.41) is 4.25. The molecule has 35 heavy (non-hydrogen) atoms. The molecule has 0 spiro atoms. The molecule has 2 heterocycles. The lowest BCUT2D eigenvalue weighted by atomic mass is 10.1. The van der Waals surface area contributed by atoms with Gasteiger partial charge in [0.15, 0.2) is 5.75 Å². The summed E-state index contributed by atoms with van der Waals surface area (Å²) in [7, 11) is 5.74. The van der Waals surface area contributed by atoms with Crippen molar-refractivity contribution in [2.45, 2.75) is 6.61 Å². The van der Waals surface area contributed by atoms with Crippen molar-refractivity contribution < 1.29 is 13.5 Å². The van der Waals surface area contributed by atoms with E-state index in [0.29, 0.717) is 28.6 Å². The number of benzene rings is 2. The van der Waals surface area contributed by atoms with Gasteiger partial charge in [0.05, 0.1) is 34.0 Å². The van der Waals surface area contributed by atoms with Crippen LogP contribution in [0.4, 0.5) is 31.8 Å². The molecule has 0 radical (unpaired) electrons. The zero-order chi connectivity index (χ0) is 25.1. The lowest BCUT2D eigenvalue weighted by molar-refractivity contribution is -0.0493. The SMILES string of the molecule is CN(C)CCN(C)c1cc(OC(F)F)c(Nc2ncc(Cl)c(-c3c[nH]c4ccccc34)n2)cc1N. The maximum absolute atomic E-state index is 13.2. The summed E-state index contributed by atoms with van der Waals surface area (Å²) < 4.78 is 31.2. The Morgan fingerprint density at radius 3 is 2.69 bits per heavy atom. The second-order valence-corrected chi connectivity index (χ2v) is 8.68. The molecule has 0 unspecified atom stereocenters. The first-order valence-corrected chi connectivity index (χ1v) is 11.2. The van der Waals surface area contributed by atoms with E-state index in [1.54, 1.807) is 0 Å². The molecule has 0 amide bonds. The van der Waals surface area contributed by atoms with Crippen LogP contribution < -0.4 is 20.7 Å². The summed E-state index contributed by atoms with van der Waals surface area (Å²) >= 11 is 6.40. The van der Waals surface area contributed by atoms with E-state index in [4.69, 9.17) is 22.1 Å². The van der Waals surface area contributed by atoms with Crippen molar-refractivity contribution in [3.8, 4) is 17.0 Å². The number of hydrogen-bond acceptors (Lipinski definition) is 7. The van der Waals surface area contributed by atoms with E-state index in [1.165, 1.54) is 18.3 Å². The van der Waals surface area contributed by atoms with Gasteiger partial charge in [-0.25, -0.2) is 9.97 Å². The lowest BCUT2D eigenvalue weighted by Crippen LogP contribution is -2.29. The molecule has 11 heteroatoms.